The Kier molecular flexibility index (Phi) is 3.04. The van der Waals surface area contributed by atoms with Crippen LogP contribution in [0.1, 0.15) is 12.8 Å². The summed E-state index contributed by atoms with van der Waals surface area (Å²) < 4.78 is 4.51. The molecule has 1 aromatic carbocycles. The predicted molar refractivity (Wildman–Crippen MR) is 63.5 cm³/mol. The molecule has 0 unspecified atom stereocenters. The third-order valence-electron chi connectivity index (χ3n) is 2.52. The van der Waals surface area contributed by atoms with Crippen LogP contribution in [0.5, 0.6) is 5.75 Å². The summed E-state index contributed by atoms with van der Waals surface area (Å²) >= 11 is 7.21. The van der Waals surface area contributed by atoms with E-state index < -0.39 is 10.7 Å². The van der Waals surface area contributed by atoms with Crippen LogP contribution in [0.25, 0.3) is 0 Å². The van der Waals surface area contributed by atoms with Gasteiger partial charge in [-0.25, -0.2) is 0 Å². The summed E-state index contributed by atoms with van der Waals surface area (Å²) in [5.74, 6) is -0.0959. The highest BCUT2D eigenvalue weighted by Crippen LogP contribution is 2.54. The Labute approximate surface area is 103 Å². The van der Waals surface area contributed by atoms with E-state index in [-0.39, 0.29) is 0 Å². The average Bonchev–Trinajstić information content (AvgIpc) is 2.99. The molecular weight excluding hydrogens is 248 g/mol. The van der Waals surface area contributed by atoms with E-state index in [9.17, 15) is 4.79 Å². The summed E-state index contributed by atoms with van der Waals surface area (Å²) in [7, 11) is 1.56. The zero-order valence-corrected chi connectivity index (χ0v) is 10.3. The standard InChI is InChI=1S/C11H11ClO3S/c1-15-8-3-2-7(12)6-9(8)16-11(4-5-11)10(13)14/h2-3,6H,4-5H2,1H3,(H,13,14). The molecule has 0 bridgehead atoms. The number of thioether (sulfide) groups is 1. The molecule has 1 aliphatic rings. The smallest absolute Gasteiger partial charge is 0.320 e. The maximum Gasteiger partial charge on any atom is 0.320 e. The Hall–Kier alpha value is -0.870. The Morgan fingerprint density at radius 2 is 2.25 bits per heavy atom. The van der Waals surface area contributed by atoms with Gasteiger partial charge in [-0.15, -0.1) is 11.8 Å². The van der Waals surface area contributed by atoms with Gasteiger partial charge in [-0.2, -0.15) is 0 Å². The summed E-state index contributed by atoms with van der Waals surface area (Å²) in [6.45, 7) is 0. The van der Waals surface area contributed by atoms with Gasteiger partial charge < -0.3 is 9.84 Å². The van der Waals surface area contributed by atoms with Crippen LogP contribution < -0.4 is 4.74 Å². The van der Waals surface area contributed by atoms with Crippen LogP contribution in [0.2, 0.25) is 5.02 Å². The molecule has 0 aliphatic heterocycles. The number of hydrogen-bond donors (Lipinski definition) is 1. The molecule has 2 rings (SSSR count). The van der Waals surface area contributed by atoms with Gasteiger partial charge in [-0.05, 0) is 31.0 Å². The van der Waals surface area contributed by atoms with Crippen molar-refractivity contribution in [1.82, 2.24) is 0 Å². The Balaban J connectivity index is 2.27. The molecule has 16 heavy (non-hydrogen) atoms. The molecule has 86 valence electrons. The van der Waals surface area contributed by atoms with E-state index in [0.717, 1.165) is 4.90 Å². The molecule has 0 atom stereocenters. The SMILES string of the molecule is COc1ccc(Cl)cc1SC1(C(=O)O)CC1. The maximum absolute atomic E-state index is 11.1. The summed E-state index contributed by atoms with van der Waals surface area (Å²) in [6, 6.07) is 5.22. The summed E-state index contributed by atoms with van der Waals surface area (Å²) in [6.07, 6.45) is 1.39. The van der Waals surface area contributed by atoms with Crippen LogP contribution >= 0.6 is 23.4 Å². The lowest BCUT2D eigenvalue weighted by atomic mass is 10.3. The first-order valence-corrected chi connectivity index (χ1v) is 6.03. The summed E-state index contributed by atoms with van der Waals surface area (Å²) in [5.41, 5.74) is 0. The second-order valence-corrected chi connectivity index (χ2v) is 5.56. The fourth-order valence-corrected chi connectivity index (χ4v) is 2.90. The molecule has 1 aromatic rings. The van der Waals surface area contributed by atoms with Gasteiger partial charge >= 0.3 is 5.97 Å². The second-order valence-electron chi connectivity index (χ2n) is 3.70. The molecule has 5 heteroatoms. The normalized spacial score (nSPS) is 16.9. The van der Waals surface area contributed by atoms with Crippen molar-refractivity contribution in [3.05, 3.63) is 23.2 Å². The van der Waals surface area contributed by atoms with Crippen LogP contribution in [-0.4, -0.2) is 22.9 Å². The quantitative estimate of drug-likeness (QED) is 0.902. The van der Waals surface area contributed by atoms with Crippen LogP contribution in [0.4, 0.5) is 0 Å². The van der Waals surface area contributed by atoms with Gasteiger partial charge in [-0.3, -0.25) is 4.79 Å². The van der Waals surface area contributed by atoms with E-state index in [1.165, 1.54) is 11.8 Å². The molecule has 0 spiro atoms. The zero-order chi connectivity index (χ0) is 11.8. The Morgan fingerprint density at radius 1 is 1.56 bits per heavy atom. The first-order valence-electron chi connectivity index (χ1n) is 4.83. The maximum atomic E-state index is 11.1. The predicted octanol–water partition coefficient (Wildman–Crippen LogP) is 3.06. The first-order chi connectivity index (χ1) is 7.57. The van der Waals surface area contributed by atoms with Crippen LogP contribution in [0, 0.1) is 0 Å². The molecule has 0 radical (unpaired) electrons. The van der Waals surface area contributed by atoms with Crippen LogP contribution in [-0.2, 0) is 4.79 Å². The molecular formula is C11H11ClO3S. The molecule has 0 amide bonds. The van der Waals surface area contributed by atoms with Crippen molar-refractivity contribution in [3.8, 4) is 5.75 Å². The van der Waals surface area contributed by atoms with Gasteiger partial charge in [0.1, 0.15) is 10.5 Å². The van der Waals surface area contributed by atoms with Crippen molar-refractivity contribution in [3.63, 3.8) is 0 Å². The number of aliphatic carboxylic acids is 1. The van der Waals surface area contributed by atoms with Gasteiger partial charge in [0.2, 0.25) is 0 Å². The number of carboxylic acid groups (broad SMARTS) is 1. The van der Waals surface area contributed by atoms with Crippen molar-refractivity contribution in [2.24, 2.45) is 0 Å². The lowest BCUT2D eigenvalue weighted by Gasteiger charge is -2.12. The minimum atomic E-state index is -0.764. The lowest BCUT2D eigenvalue weighted by Crippen LogP contribution is -2.17. The van der Waals surface area contributed by atoms with Gasteiger partial charge in [0.25, 0.3) is 0 Å². The van der Waals surface area contributed by atoms with Gasteiger partial charge in [0.15, 0.2) is 0 Å². The average molecular weight is 259 g/mol. The molecule has 1 fully saturated rings. The highest BCUT2D eigenvalue weighted by molar-refractivity contribution is 8.01. The number of carbonyl (C=O) groups is 1. The largest absolute Gasteiger partial charge is 0.496 e. The van der Waals surface area contributed by atoms with Gasteiger partial charge in [-0.1, -0.05) is 11.6 Å². The minimum absolute atomic E-state index is 0.587. The number of ether oxygens (including phenoxy) is 1. The molecule has 1 aliphatic carbocycles. The lowest BCUT2D eigenvalue weighted by molar-refractivity contribution is -0.137. The van der Waals surface area contributed by atoms with Crippen LogP contribution in [0.15, 0.2) is 23.1 Å². The highest BCUT2D eigenvalue weighted by atomic mass is 35.5. The topological polar surface area (TPSA) is 46.5 Å². The number of hydrogen-bond acceptors (Lipinski definition) is 3. The van der Waals surface area contributed by atoms with Crippen molar-refractivity contribution in [2.75, 3.05) is 7.11 Å². The number of rotatable bonds is 4. The van der Waals surface area contributed by atoms with Crippen molar-refractivity contribution in [1.29, 1.82) is 0 Å². The summed E-state index contributed by atoms with van der Waals surface area (Å²) in [4.78, 5) is 11.9. The number of carboxylic acids is 1. The van der Waals surface area contributed by atoms with Gasteiger partial charge in [0.05, 0.1) is 12.0 Å². The Morgan fingerprint density at radius 3 is 2.75 bits per heavy atom. The first kappa shape index (κ1) is 11.6. The zero-order valence-electron chi connectivity index (χ0n) is 8.70. The van der Waals surface area contributed by atoms with E-state index in [0.29, 0.717) is 23.6 Å². The molecule has 0 heterocycles. The van der Waals surface area contributed by atoms with Crippen molar-refractivity contribution >= 4 is 29.3 Å². The third-order valence-corrected chi connectivity index (χ3v) is 4.27. The number of benzene rings is 1. The number of methoxy groups -OCH3 is 1. The Bertz CT molecular complexity index is 429. The molecule has 1 saturated carbocycles. The molecule has 0 aromatic heterocycles. The fourth-order valence-electron chi connectivity index (χ4n) is 1.41. The summed E-state index contributed by atoms with van der Waals surface area (Å²) in [5, 5.41) is 9.69. The fraction of sp³-hybridized carbons (Fsp3) is 0.364. The molecule has 0 saturated heterocycles. The third kappa shape index (κ3) is 2.13. The van der Waals surface area contributed by atoms with E-state index in [1.807, 2.05) is 0 Å². The van der Waals surface area contributed by atoms with Crippen molar-refractivity contribution in [2.45, 2.75) is 22.5 Å². The monoisotopic (exact) mass is 258 g/mol. The second kappa shape index (κ2) is 4.18. The van der Waals surface area contributed by atoms with E-state index >= 15 is 0 Å². The minimum Gasteiger partial charge on any atom is -0.496 e. The van der Waals surface area contributed by atoms with E-state index in [2.05, 4.69) is 0 Å². The number of halogens is 1. The van der Waals surface area contributed by atoms with E-state index in [4.69, 9.17) is 21.4 Å². The van der Waals surface area contributed by atoms with Crippen molar-refractivity contribution < 1.29 is 14.6 Å². The van der Waals surface area contributed by atoms with Gasteiger partial charge in [0, 0.05) is 5.02 Å². The highest BCUT2D eigenvalue weighted by Gasteiger charge is 2.51. The molecule has 3 nitrogen and oxygen atoms in total. The van der Waals surface area contributed by atoms with E-state index in [1.54, 1.807) is 25.3 Å². The van der Waals surface area contributed by atoms with Crippen LogP contribution in [0.3, 0.4) is 0 Å². The molecule has 1 N–H and O–H groups in total.